The van der Waals surface area contributed by atoms with Gasteiger partial charge in [-0.1, -0.05) is 0 Å². The standard InChI is InChI=1S/C18H16F3N5O2.ClH/c1-10-6-13(27-2)14(28-3)7-11(10)24-16-8-15(18(19,20)21)25-17(26-16)12-9-22-4-5-23-12;/h4-9H,1-3H3,(H,24,25,26);1H. The van der Waals surface area contributed by atoms with Crippen LogP contribution in [0.25, 0.3) is 11.5 Å². The van der Waals surface area contributed by atoms with E-state index in [2.05, 4.69) is 25.3 Å². The van der Waals surface area contributed by atoms with Gasteiger partial charge in [0.15, 0.2) is 23.0 Å². The van der Waals surface area contributed by atoms with E-state index in [1.807, 2.05) is 0 Å². The molecule has 0 spiro atoms. The van der Waals surface area contributed by atoms with Crippen molar-refractivity contribution >= 4 is 23.9 Å². The average Bonchev–Trinajstić information content (AvgIpc) is 2.69. The Hall–Kier alpha value is -3.14. The third-order valence-electron chi connectivity index (χ3n) is 3.80. The van der Waals surface area contributed by atoms with Crippen LogP contribution in [0.4, 0.5) is 24.7 Å². The number of alkyl halides is 3. The van der Waals surface area contributed by atoms with Crippen LogP contribution in [-0.2, 0) is 6.18 Å². The van der Waals surface area contributed by atoms with Crippen LogP contribution in [0, 0.1) is 6.92 Å². The van der Waals surface area contributed by atoms with Gasteiger partial charge in [0.2, 0.25) is 0 Å². The molecule has 0 amide bonds. The summed E-state index contributed by atoms with van der Waals surface area (Å²) in [5, 5.41) is 2.89. The van der Waals surface area contributed by atoms with Crippen molar-refractivity contribution in [2.24, 2.45) is 0 Å². The highest BCUT2D eigenvalue weighted by molar-refractivity contribution is 5.85. The number of benzene rings is 1. The summed E-state index contributed by atoms with van der Waals surface area (Å²) in [5.74, 6) is 0.696. The first-order valence-electron chi connectivity index (χ1n) is 8.04. The number of anilines is 2. The number of hydrogen-bond acceptors (Lipinski definition) is 7. The third kappa shape index (κ3) is 5.02. The number of methoxy groups -OCH3 is 2. The topological polar surface area (TPSA) is 82.0 Å². The second kappa shape index (κ2) is 8.91. The van der Waals surface area contributed by atoms with Crippen molar-refractivity contribution in [3.63, 3.8) is 0 Å². The highest BCUT2D eigenvalue weighted by Gasteiger charge is 2.34. The average molecular weight is 428 g/mol. The van der Waals surface area contributed by atoms with E-state index in [4.69, 9.17) is 9.47 Å². The van der Waals surface area contributed by atoms with Gasteiger partial charge in [0.05, 0.1) is 20.4 Å². The van der Waals surface area contributed by atoms with Crippen LogP contribution >= 0.6 is 12.4 Å². The molecule has 0 unspecified atom stereocenters. The van der Waals surface area contributed by atoms with Gasteiger partial charge in [-0.15, -0.1) is 12.4 Å². The number of halogens is 4. The summed E-state index contributed by atoms with van der Waals surface area (Å²) in [4.78, 5) is 15.5. The van der Waals surface area contributed by atoms with E-state index < -0.39 is 11.9 Å². The van der Waals surface area contributed by atoms with Crippen LogP contribution in [0.15, 0.2) is 36.8 Å². The van der Waals surface area contributed by atoms with Gasteiger partial charge >= 0.3 is 6.18 Å². The molecule has 0 saturated heterocycles. The van der Waals surface area contributed by atoms with E-state index in [0.717, 1.165) is 11.6 Å². The van der Waals surface area contributed by atoms with Crippen molar-refractivity contribution in [3.05, 3.63) is 48.0 Å². The fourth-order valence-corrected chi connectivity index (χ4v) is 2.44. The molecule has 0 aliphatic rings. The molecule has 0 bridgehead atoms. The molecule has 29 heavy (non-hydrogen) atoms. The molecule has 0 aliphatic carbocycles. The molecule has 2 aromatic heterocycles. The van der Waals surface area contributed by atoms with Gasteiger partial charge in [-0.05, 0) is 18.6 Å². The zero-order chi connectivity index (χ0) is 20.3. The number of hydrogen-bond donors (Lipinski definition) is 1. The highest BCUT2D eigenvalue weighted by Crippen LogP contribution is 2.35. The Morgan fingerprint density at radius 1 is 0.966 bits per heavy atom. The first kappa shape index (κ1) is 22.2. The van der Waals surface area contributed by atoms with Gasteiger partial charge in [0.25, 0.3) is 0 Å². The molecule has 1 aromatic carbocycles. The van der Waals surface area contributed by atoms with Gasteiger partial charge in [-0.3, -0.25) is 4.98 Å². The summed E-state index contributed by atoms with van der Waals surface area (Å²) in [6.45, 7) is 1.78. The van der Waals surface area contributed by atoms with E-state index in [1.165, 1.54) is 32.8 Å². The number of aromatic nitrogens is 4. The Kier molecular flexibility index (Phi) is 6.80. The lowest BCUT2D eigenvalue weighted by Gasteiger charge is -2.15. The monoisotopic (exact) mass is 427 g/mol. The quantitative estimate of drug-likeness (QED) is 0.644. The van der Waals surface area contributed by atoms with E-state index in [1.54, 1.807) is 19.1 Å². The van der Waals surface area contributed by atoms with Crippen molar-refractivity contribution in [2.75, 3.05) is 19.5 Å². The number of nitrogens with one attached hydrogen (secondary N) is 1. The lowest BCUT2D eigenvalue weighted by molar-refractivity contribution is -0.141. The Morgan fingerprint density at radius 2 is 1.66 bits per heavy atom. The Morgan fingerprint density at radius 3 is 2.24 bits per heavy atom. The number of aryl methyl sites for hydroxylation is 1. The van der Waals surface area contributed by atoms with Crippen LogP contribution in [0.2, 0.25) is 0 Å². The summed E-state index contributed by atoms with van der Waals surface area (Å²) in [6, 6.07) is 4.15. The fourth-order valence-electron chi connectivity index (χ4n) is 2.44. The van der Waals surface area contributed by atoms with Crippen LogP contribution in [0.5, 0.6) is 11.5 Å². The van der Waals surface area contributed by atoms with Crippen molar-refractivity contribution in [1.29, 1.82) is 0 Å². The summed E-state index contributed by atoms with van der Waals surface area (Å²) in [7, 11) is 2.97. The SMILES string of the molecule is COc1cc(C)c(Nc2cc(C(F)(F)F)nc(-c3cnccn3)n2)cc1OC.Cl. The molecular weight excluding hydrogens is 411 g/mol. The Balaban J connectivity index is 0.00000300. The molecular formula is C18H17ClF3N5O2. The second-order valence-corrected chi connectivity index (χ2v) is 5.70. The number of nitrogens with zero attached hydrogens (tertiary/aromatic N) is 4. The fraction of sp³-hybridized carbons (Fsp3) is 0.222. The summed E-state index contributed by atoms with van der Waals surface area (Å²) in [6.07, 6.45) is -0.599. The van der Waals surface area contributed by atoms with Crippen LogP contribution < -0.4 is 14.8 Å². The highest BCUT2D eigenvalue weighted by atomic mass is 35.5. The maximum atomic E-state index is 13.3. The maximum absolute atomic E-state index is 13.3. The molecule has 2 heterocycles. The van der Waals surface area contributed by atoms with Crippen molar-refractivity contribution in [3.8, 4) is 23.0 Å². The summed E-state index contributed by atoms with van der Waals surface area (Å²) < 4.78 is 50.4. The van der Waals surface area contributed by atoms with E-state index >= 15 is 0 Å². The maximum Gasteiger partial charge on any atom is 0.433 e. The van der Waals surface area contributed by atoms with E-state index in [9.17, 15) is 13.2 Å². The minimum absolute atomic E-state index is 0. The Bertz CT molecular complexity index is 987. The molecule has 3 rings (SSSR count). The van der Waals surface area contributed by atoms with E-state index in [-0.39, 0.29) is 29.7 Å². The smallest absolute Gasteiger partial charge is 0.433 e. The molecule has 3 aromatic rings. The predicted molar refractivity (Wildman–Crippen MR) is 103 cm³/mol. The lowest BCUT2D eigenvalue weighted by atomic mass is 10.1. The first-order valence-corrected chi connectivity index (χ1v) is 8.04. The van der Waals surface area contributed by atoms with Crippen LogP contribution in [0.3, 0.4) is 0 Å². The zero-order valence-corrected chi connectivity index (χ0v) is 16.4. The molecule has 0 aliphatic heterocycles. The first-order chi connectivity index (χ1) is 13.3. The minimum atomic E-state index is -4.65. The minimum Gasteiger partial charge on any atom is -0.493 e. The van der Waals surface area contributed by atoms with Crippen molar-refractivity contribution in [2.45, 2.75) is 13.1 Å². The van der Waals surface area contributed by atoms with Gasteiger partial charge in [-0.2, -0.15) is 13.2 Å². The molecule has 0 fully saturated rings. The van der Waals surface area contributed by atoms with Crippen molar-refractivity contribution < 1.29 is 22.6 Å². The molecule has 1 N–H and O–H groups in total. The van der Waals surface area contributed by atoms with Crippen LogP contribution in [-0.4, -0.2) is 34.2 Å². The third-order valence-corrected chi connectivity index (χ3v) is 3.80. The number of rotatable bonds is 5. The normalized spacial score (nSPS) is 10.8. The van der Waals surface area contributed by atoms with E-state index in [0.29, 0.717) is 17.2 Å². The molecule has 0 atom stereocenters. The largest absolute Gasteiger partial charge is 0.493 e. The zero-order valence-electron chi connectivity index (χ0n) is 15.6. The lowest BCUT2D eigenvalue weighted by Crippen LogP contribution is -2.11. The van der Waals surface area contributed by atoms with Gasteiger partial charge in [-0.25, -0.2) is 15.0 Å². The second-order valence-electron chi connectivity index (χ2n) is 5.70. The predicted octanol–water partition coefficient (Wildman–Crippen LogP) is 4.44. The van der Waals surface area contributed by atoms with Gasteiger partial charge in [0, 0.05) is 30.2 Å². The summed E-state index contributed by atoms with van der Waals surface area (Å²) >= 11 is 0. The molecule has 0 saturated carbocycles. The van der Waals surface area contributed by atoms with Crippen LogP contribution in [0.1, 0.15) is 11.3 Å². The molecule has 11 heteroatoms. The molecule has 7 nitrogen and oxygen atoms in total. The molecule has 154 valence electrons. The number of ether oxygens (including phenoxy) is 2. The van der Waals surface area contributed by atoms with Crippen molar-refractivity contribution in [1.82, 2.24) is 19.9 Å². The Labute approximate surface area is 170 Å². The van der Waals surface area contributed by atoms with Gasteiger partial charge < -0.3 is 14.8 Å². The van der Waals surface area contributed by atoms with Gasteiger partial charge in [0.1, 0.15) is 11.5 Å². The molecule has 0 radical (unpaired) electrons. The summed E-state index contributed by atoms with van der Waals surface area (Å²) in [5.41, 5.74) is 0.268.